The molecule has 2 aromatic rings. The first kappa shape index (κ1) is 19.7. The molecule has 3 rings (SSSR count). The lowest BCUT2D eigenvalue weighted by molar-refractivity contribution is -0.124. The second-order valence-electron chi connectivity index (χ2n) is 6.84. The number of rotatable bonds is 8. The molecule has 148 valence electrons. The molecule has 0 aromatic heterocycles. The van der Waals surface area contributed by atoms with Gasteiger partial charge in [-0.2, -0.15) is 5.10 Å². The quantitative estimate of drug-likeness (QED) is 0.536. The van der Waals surface area contributed by atoms with Gasteiger partial charge in [0.1, 0.15) is 0 Å². The molecule has 0 heterocycles. The maximum Gasteiger partial charge on any atom is 0.258 e. The number of hydrogen-bond acceptors (Lipinski definition) is 5. The van der Waals surface area contributed by atoms with Crippen LogP contribution < -0.4 is 20.2 Å². The number of para-hydroxylation sites is 1. The molecule has 1 fully saturated rings. The predicted octanol–water partition coefficient (Wildman–Crippen LogP) is 3.97. The molecule has 0 spiro atoms. The fourth-order valence-corrected chi connectivity index (χ4v) is 3.24. The summed E-state index contributed by atoms with van der Waals surface area (Å²) in [6, 6.07) is 15.5. The number of anilines is 1. The Morgan fingerprint density at radius 2 is 1.89 bits per heavy atom. The van der Waals surface area contributed by atoms with Crippen molar-refractivity contribution in [3.8, 4) is 11.5 Å². The third-order valence-electron chi connectivity index (χ3n) is 4.70. The summed E-state index contributed by atoms with van der Waals surface area (Å²) in [5.41, 5.74) is 4.74. The van der Waals surface area contributed by atoms with Crippen molar-refractivity contribution in [3.05, 3.63) is 54.1 Å². The number of nitrogens with one attached hydrogen (secondary N) is 2. The Kier molecular flexibility index (Phi) is 7.29. The summed E-state index contributed by atoms with van der Waals surface area (Å²) in [4.78, 5) is 12.1. The van der Waals surface area contributed by atoms with E-state index in [1.54, 1.807) is 19.4 Å². The second-order valence-corrected chi connectivity index (χ2v) is 6.84. The molecule has 1 aliphatic carbocycles. The minimum absolute atomic E-state index is 0.0180. The van der Waals surface area contributed by atoms with E-state index in [9.17, 15) is 4.79 Å². The van der Waals surface area contributed by atoms with Gasteiger partial charge in [-0.25, -0.2) is 0 Å². The van der Waals surface area contributed by atoms with Gasteiger partial charge in [0.05, 0.1) is 19.0 Å². The van der Waals surface area contributed by atoms with Crippen molar-refractivity contribution in [3.63, 3.8) is 0 Å². The average molecular weight is 381 g/mol. The fraction of sp³-hybridized carbons (Fsp3) is 0.364. The molecule has 2 N–H and O–H groups in total. The van der Waals surface area contributed by atoms with Crippen LogP contribution >= 0.6 is 0 Å². The van der Waals surface area contributed by atoms with E-state index < -0.39 is 0 Å². The number of nitrogens with zero attached hydrogens (tertiary/aromatic N) is 1. The first-order valence-corrected chi connectivity index (χ1v) is 9.69. The maximum atomic E-state index is 12.1. The number of ether oxygens (including phenoxy) is 2. The van der Waals surface area contributed by atoms with Crippen molar-refractivity contribution >= 4 is 17.8 Å². The third kappa shape index (κ3) is 6.01. The van der Waals surface area contributed by atoms with Crippen LogP contribution in [-0.2, 0) is 4.79 Å². The number of hydrogen-bond donors (Lipinski definition) is 2. The van der Waals surface area contributed by atoms with E-state index in [1.165, 1.54) is 19.3 Å². The van der Waals surface area contributed by atoms with Gasteiger partial charge < -0.3 is 14.8 Å². The summed E-state index contributed by atoms with van der Waals surface area (Å²) in [5, 5.41) is 7.27. The molecule has 1 saturated carbocycles. The minimum Gasteiger partial charge on any atom is -0.493 e. The highest BCUT2D eigenvalue weighted by Crippen LogP contribution is 2.27. The lowest BCUT2D eigenvalue weighted by Gasteiger charge is -2.22. The van der Waals surface area contributed by atoms with Crippen molar-refractivity contribution in [2.45, 2.75) is 38.1 Å². The monoisotopic (exact) mass is 381 g/mol. The van der Waals surface area contributed by atoms with Crippen LogP contribution in [0.2, 0.25) is 0 Å². The Morgan fingerprint density at radius 3 is 2.64 bits per heavy atom. The average Bonchev–Trinajstić information content (AvgIpc) is 2.74. The lowest BCUT2D eigenvalue weighted by Crippen LogP contribution is -2.39. The molecule has 0 atom stereocenters. The van der Waals surface area contributed by atoms with Crippen molar-refractivity contribution < 1.29 is 14.3 Å². The zero-order valence-electron chi connectivity index (χ0n) is 16.2. The predicted molar refractivity (Wildman–Crippen MR) is 111 cm³/mol. The number of amides is 1. The Morgan fingerprint density at radius 1 is 1.11 bits per heavy atom. The van der Waals surface area contributed by atoms with Crippen molar-refractivity contribution in [1.29, 1.82) is 0 Å². The van der Waals surface area contributed by atoms with Crippen LogP contribution in [0.15, 0.2) is 53.6 Å². The summed E-state index contributed by atoms with van der Waals surface area (Å²) < 4.78 is 11.1. The molecule has 1 aliphatic rings. The molecule has 0 bridgehead atoms. The van der Waals surface area contributed by atoms with Gasteiger partial charge in [-0.05, 0) is 48.7 Å². The Balaban J connectivity index is 1.52. The van der Waals surface area contributed by atoms with Gasteiger partial charge in [0.15, 0.2) is 18.1 Å². The first-order chi connectivity index (χ1) is 13.7. The summed E-state index contributed by atoms with van der Waals surface area (Å²) >= 11 is 0. The molecule has 6 heteroatoms. The van der Waals surface area contributed by atoms with Crippen molar-refractivity contribution in [2.75, 3.05) is 19.1 Å². The van der Waals surface area contributed by atoms with Crippen LogP contribution in [-0.4, -0.2) is 31.9 Å². The number of benzene rings is 2. The maximum absolute atomic E-state index is 12.1. The minimum atomic E-state index is -0.0911. The van der Waals surface area contributed by atoms with Crippen LogP contribution in [0.3, 0.4) is 0 Å². The molecule has 6 nitrogen and oxygen atoms in total. The normalized spacial score (nSPS) is 14.6. The van der Waals surface area contributed by atoms with Crippen LogP contribution in [0.1, 0.15) is 37.7 Å². The summed E-state index contributed by atoms with van der Waals surface area (Å²) in [6.45, 7) is -0.0180. The van der Waals surface area contributed by atoms with Gasteiger partial charge in [-0.15, -0.1) is 0 Å². The Hall–Kier alpha value is -3.02. The Labute approximate surface area is 165 Å². The van der Waals surface area contributed by atoms with Crippen molar-refractivity contribution in [2.24, 2.45) is 5.10 Å². The largest absolute Gasteiger partial charge is 0.493 e. The van der Waals surface area contributed by atoms with E-state index >= 15 is 0 Å². The van der Waals surface area contributed by atoms with E-state index in [-0.39, 0.29) is 18.6 Å². The second kappa shape index (κ2) is 10.3. The molecule has 28 heavy (non-hydrogen) atoms. The van der Waals surface area contributed by atoms with E-state index in [0.717, 1.165) is 24.1 Å². The molecule has 0 unspecified atom stereocenters. The van der Waals surface area contributed by atoms with E-state index in [4.69, 9.17) is 9.47 Å². The van der Waals surface area contributed by atoms with Gasteiger partial charge in [0, 0.05) is 6.04 Å². The number of methoxy groups -OCH3 is 1. The van der Waals surface area contributed by atoms with E-state index in [0.29, 0.717) is 11.5 Å². The Bertz CT molecular complexity index is 787. The molecular formula is C22H27N3O3. The van der Waals surface area contributed by atoms with Gasteiger partial charge in [-0.1, -0.05) is 37.5 Å². The van der Waals surface area contributed by atoms with Gasteiger partial charge >= 0.3 is 0 Å². The molecule has 0 saturated heterocycles. The molecule has 1 amide bonds. The number of carbonyl (C=O) groups is 1. The highest BCUT2D eigenvalue weighted by Gasteiger charge is 2.16. The van der Waals surface area contributed by atoms with Crippen LogP contribution in [0.4, 0.5) is 5.69 Å². The van der Waals surface area contributed by atoms with E-state index in [2.05, 4.69) is 15.8 Å². The topological polar surface area (TPSA) is 71.9 Å². The molecule has 2 aromatic carbocycles. The highest BCUT2D eigenvalue weighted by molar-refractivity contribution is 5.82. The van der Waals surface area contributed by atoms with Crippen molar-refractivity contribution in [1.82, 2.24) is 5.32 Å². The molecule has 0 radical (unpaired) electrons. The first-order valence-electron chi connectivity index (χ1n) is 9.69. The smallest absolute Gasteiger partial charge is 0.258 e. The zero-order valence-corrected chi connectivity index (χ0v) is 16.2. The summed E-state index contributed by atoms with van der Waals surface area (Å²) in [7, 11) is 1.58. The summed E-state index contributed by atoms with van der Waals surface area (Å²) in [6.07, 6.45) is 7.44. The molecule has 0 aliphatic heterocycles. The third-order valence-corrected chi connectivity index (χ3v) is 4.70. The summed E-state index contributed by atoms with van der Waals surface area (Å²) in [5.74, 6) is 1.01. The van der Waals surface area contributed by atoms with E-state index in [1.807, 2.05) is 42.5 Å². The lowest BCUT2D eigenvalue weighted by atomic mass is 9.95. The van der Waals surface area contributed by atoms with Gasteiger partial charge in [0.25, 0.3) is 5.91 Å². The fourth-order valence-electron chi connectivity index (χ4n) is 3.24. The van der Waals surface area contributed by atoms with Gasteiger partial charge in [-0.3, -0.25) is 10.2 Å². The number of hydrazone groups is 1. The zero-order chi connectivity index (χ0) is 19.6. The number of carbonyl (C=O) groups excluding carboxylic acids is 1. The van der Waals surface area contributed by atoms with Crippen LogP contribution in [0.5, 0.6) is 11.5 Å². The SMILES string of the molecule is COc1cc(C=NNc2ccccc2)ccc1OCC(=O)NC1CCCCC1. The van der Waals surface area contributed by atoms with Gasteiger partial charge in [0.2, 0.25) is 0 Å². The highest BCUT2D eigenvalue weighted by atomic mass is 16.5. The standard InChI is InChI=1S/C22H27N3O3/c1-27-21-14-17(15-23-25-19-10-6-3-7-11-19)12-13-20(21)28-16-22(26)24-18-8-4-2-5-9-18/h3,6-7,10-15,18,25H,2,4-5,8-9,16H2,1H3,(H,24,26). The van der Waals surface area contributed by atoms with Crippen LogP contribution in [0.25, 0.3) is 0 Å². The van der Waals surface area contributed by atoms with Crippen LogP contribution in [0, 0.1) is 0 Å². The molecular weight excluding hydrogens is 354 g/mol.